The lowest BCUT2D eigenvalue weighted by Gasteiger charge is -2.10. The Morgan fingerprint density at radius 3 is 2.04 bits per heavy atom. The number of nitrogens with one attached hydrogen (secondary N) is 2. The largest absolute Gasteiger partial charge is 0.322 e. The highest BCUT2D eigenvalue weighted by molar-refractivity contribution is 7.92. The standard InChI is InChI=1S/C21H19FN2O3S/c1-14-3-8-19(13-15(14)2)23-21(25)16-4-9-18(10-5-16)24-28(26,27)20-11-6-17(22)7-12-20/h3-13,24H,1-2H3,(H,23,25). The van der Waals surface area contributed by atoms with E-state index in [1.54, 1.807) is 0 Å². The Morgan fingerprint density at radius 2 is 1.43 bits per heavy atom. The molecule has 0 atom stereocenters. The summed E-state index contributed by atoms with van der Waals surface area (Å²) in [5.41, 5.74) is 3.59. The van der Waals surface area contributed by atoms with E-state index in [1.165, 1.54) is 36.4 Å². The molecule has 0 fully saturated rings. The third-order valence-corrected chi connectivity index (χ3v) is 5.69. The summed E-state index contributed by atoms with van der Waals surface area (Å²) in [6.45, 7) is 3.96. The van der Waals surface area contributed by atoms with E-state index >= 15 is 0 Å². The van der Waals surface area contributed by atoms with Gasteiger partial charge in [0.25, 0.3) is 15.9 Å². The van der Waals surface area contributed by atoms with Crippen LogP contribution in [0.3, 0.4) is 0 Å². The zero-order chi connectivity index (χ0) is 20.3. The zero-order valence-electron chi connectivity index (χ0n) is 15.4. The summed E-state index contributed by atoms with van der Waals surface area (Å²) >= 11 is 0. The van der Waals surface area contributed by atoms with E-state index in [-0.39, 0.29) is 10.8 Å². The van der Waals surface area contributed by atoms with Gasteiger partial charge in [0.2, 0.25) is 0 Å². The fourth-order valence-electron chi connectivity index (χ4n) is 2.54. The smallest absolute Gasteiger partial charge is 0.261 e. The van der Waals surface area contributed by atoms with Crippen molar-refractivity contribution >= 4 is 27.3 Å². The van der Waals surface area contributed by atoms with Gasteiger partial charge in [0.15, 0.2) is 0 Å². The summed E-state index contributed by atoms with van der Waals surface area (Å²) in [5, 5.41) is 2.81. The zero-order valence-corrected chi connectivity index (χ0v) is 16.2. The molecule has 28 heavy (non-hydrogen) atoms. The Morgan fingerprint density at radius 1 is 0.821 bits per heavy atom. The maximum Gasteiger partial charge on any atom is 0.261 e. The minimum absolute atomic E-state index is 0.0505. The van der Waals surface area contributed by atoms with Crippen molar-refractivity contribution in [1.29, 1.82) is 0 Å². The van der Waals surface area contributed by atoms with Gasteiger partial charge < -0.3 is 5.32 Å². The first-order valence-corrected chi connectivity index (χ1v) is 10.00. The topological polar surface area (TPSA) is 75.3 Å². The van der Waals surface area contributed by atoms with Crippen LogP contribution in [0.4, 0.5) is 15.8 Å². The van der Waals surface area contributed by atoms with E-state index in [4.69, 9.17) is 0 Å². The van der Waals surface area contributed by atoms with Gasteiger partial charge in [-0.1, -0.05) is 6.07 Å². The van der Waals surface area contributed by atoms with Crippen molar-refractivity contribution in [3.63, 3.8) is 0 Å². The number of carbonyl (C=O) groups excluding carboxylic acids is 1. The summed E-state index contributed by atoms with van der Waals surface area (Å²) in [6, 6.07) is 16.2. The monoisotopic (exact) mass is 398 g/mol. The normalized spacial score (nSPS) is 11.1. The lowest BCUT2D eigenvalue weighted by molar-refractivity contribution is 0.102. The van der Waals surface area contributed by atoms with Gasteiger partial charge in [-0.2, -0.15) is 0 Å². The Bertz CT molecular complexity index is 1110. The van der Waals surface area contributed by atoms with Crippen molar-refractivity contribution in [2.75, 3.05) is 10.0 Å². The molecule has 0 unspecified atom stereocenters. The lowest BCUT2D eigenvalue weighted by Crippen LogP contribution is -2.14. The third kappa shape index (κ3) is 4.55. The second-order valence-corrected chi connectivity index (χ2v) is 8.07. The molecule has 3 rings (SSSR count). The minimum atomic E-state index is -3.84. The van der Waals surface area contributed by atoms with Crippen LogP contribution in [0.5, 0.6) is 0 Å². The van der Waals surface area contributed by atoms with Gasteiger partial charge in [0, 0.05) is 16.9 Å². The van der Waals surface area contributed by atoms with Crippen LogP contribution in [0.25, 0.3) is 0 Å². The van der Waals surface area contributed by atoms with Crippen LogP contribution in [-0.2, 0) is 10.0 Å². The van der Waals surface area contributed by atoms with Crippen molar-refractivity contribution in [3.05, 3.63) is 89.2 Å². The van der Waals surface area contributed by atoms with Crippen LogP contribution >= 0.6 is 0 Å². The molecule has 3 aromatic carbocycles. The number of benzene rings is 3. The van der Waals surface area contributed by atoms with Gasteiger partial charge in [-0.3, -0.25) is 9.52 Å². The van der Waals surface area contributed by atoms with Gasteiger partial charge in [-0.15, -0.1) is 0 Å². The highest BCUT2D eigenvalue weighted by Gasteiger charge is 2.14. The first-order chi connectivity index (χ1) is 13.2. The van der Waals surface area contributed by atoms with Gasteiger partial charge in [-0.25, -0.2) is 12.8 Å². The molecule has 0 saturated heterocycles. The van der Waals surface area contributed by atoms with Crippen molar-refractivity contribution in [1.82, 2.24) is 0 Å². The summed E-state index contributed by atoms with van der Waals surface area (Å²) < 4.78 is 40.0. The fourth-order valence-corrected chi connectivity index (χ4v) is 3.60. The number of carbonyl (C=O) groups is 1. The third-order valence-electron chi connectivity index (χ3n) is 4.29. The maximum atomic E-state index is 13.0. The van der Waals surface area contributed by atoms with Crippen LogP contribution in [0.15, 0.2) is 71.6 Å². The molecule has 1 amide bonds. The molecule has 0 aromatic heterocycles. The first kappa shape index (κ1) is 19.6. The highest BCUT2D eigenvalue weighted by atomic mass is 32.2. The van der Waals surface area contributed by atoms with Crippen molar-refractivity contribution in [3.8, 4) is 0 Å². The van der Waals surface area contributed by atoms with E-state index in [9.17, 15) is 17.6 Å². The minimum Gasteiger partial charge on any atom is -0.322 e. The molecule has 144 valence electrons. The summed E-state index contributed by atoms with van der Waals surface area (Å²) in [7, 11) is -3.84. The number of halogens is 1. The average molecular weight is 398 g/mol. The van der Waals surface area contributed by atoms with E-state index in [0.29, 0.717) is 16.9 Å². The van der Waals surface area contributed by atoms with Crippen LogP contribution in [-0.4, -0.2) is 14.3 Å². The van der Waals surface area contributed by atoms with Crippen molar-refractivity contribution < 1.29 is 17.6 Å². The number of rotatable bonds is 5. The van der Waals surface area contributed by atoms with Crippen LogP contribution in [0, 0.1) is 19.7 Å². The van der Waals surface area contributed by atoms with E-state index in [2.05, 4.69) is 10.0 Å². The lowest BCUT2D eigenvalue weighted by atomic mass is 10.1. The predicted octanol–water partition coefficient (Wildman–Crippen LogP) is 4.50. The van der Waals surface area contributed by atoms with E-state index in [0.717, 1.165) is 23.3 Å². The number of hydrogen-bond acceptors (Lipinski definition) is 3. The number of anilines is 2. The number of aryl methyl sites for hydroxylation is 2. The van der Waals surface area contributed by atoms with Crippen molar-refractivity contribution in [2.24, 2.45) is 0 Å². The molecular formula is C21H19FN2O3S. The molecule has 0 aliphatic heterocycles. The summed E-state index contributed by atoms with van der Waals surface area (Å²) in [5.74, 6) is -0.811. The molecule has 2 N–H and O–H groups in total. The first-order valence-electron chi connectivity index (χ1n) is 8.52. The van der Waals surface area contributed by atoms with Crippen LogP contribution < -0.4 is 10.0 Å². The Kier molecular flexibility index (Phi) is 5.46. The van der Waals surface area contributed by atoms with E-state index < -0.39 is 15.8 Å². The number of hydrogen-bond donors (Lipinski definition) is 2. The number of amides is 1. The molecule has 3 aromatic rings. The fraction of sp³-hybridized carbons (Fsp3) is 0.0952. The summed E-state index contributed by atoms with van der Waals surface area (Å²) in [4.78, 5) is 12.3. The molecule has 5 nitrogen and oxygen atoms in total. The Hall–Kier alpha value is -3.19. The quantitative estimate of drug-likeness (QED) is 0.665. The molecule has 0 bridgehead atoms. The van der Waals surface area contributed by atoms with Gasteiger partial charge in [0.05, 0.1) is 4.90 Å². The number of sulfonamides is 1. The Labute approximate surface area is 163 Å². The molecule has 0 aliphatic rings. The molecular weight excluding hydrogens is 379 g/mol. The summed E-state index contributed by atoms with van der Waals surface area (Å²) in [6.07, 6.45) is 0. The average Bonchev–Trinajstić information content (AvgIpc) is 2.65. The Balaban J connectivity index is 1.71. The SMILES string of the molecule is Cc1ccc(NC(=O)c2ccc(NS(=O)(=O)c3ccc(F)cc3)cc2)cc1C. The molecule has 0 aliphatic carbocycles. The molecule has 0 saturated carbocycles. The van der Waals surface area contributed by atoms with Gasteiger partial charge in [0.1, 0.15) is 5.82 Å². The van der Waals surface area contributed by atoms with Gasteiger partial charge >= 0.3 is 0 Å². The second-order valence-electron chi connectivity index (χ2n) is 6.39. The van der Waals surface area contributed by atoms with Crippen LogP contribution in [0.1, 0.15) is 21.5 Å². The van der Waals surface area contributed by atoms with Gasteiger partial charge in [-0.05, 0) is 85.6 Å². The second kappa shape index (κ2) is 7.82. The van der Waals surface area contributed by atoms with Crippen LogP contribution in [0.2, 0.25) is 0 Å². The maximum absolute atomic E-state index is 13.0. The molecule has 0 heterocycles. The molecule has 7 heteroatoms. The molecule has 0 radical (unpaired) electrons. The predicted molar refractivity (Wildman–Crippen MR) is 108 cm³/mol. The van der Waals surface area contributed by atoms with E-state index in [1.807, 2.05) is 32.0 Å². The van der Waals surface area contributed by atoms with Crippen molar-refractivity contribution in [2.45, 2.75) is 18.7 Å². The highest BCUT2D eigenvalue weighted by Crippen LogP contribution is 2.19. The molecule has 0 spiro atoms.